The van der Waals surface area contributed by atoms with E-state index in [1.165, 1.54) is 13.3 Å². The molecule has 0 radical (unpaired) electrons. The molecule has 3 aliphatic heterocycles. The molecule has 48 heavy (non-hydrogen) atoms. The quantitative estimate of drug-likeness (QED) is 0.312. The number of nitrogens with one attached hydrogen (secondary N) is 1. The Morgan fingerprint density at radius 2 is 1.79 bits per heavy atom. The first-order chi connectivity index (χ1) is 22.5. The molecule has 5 aliphatic carbocycles. The molecule has 8 rings (SSSR count). The molecule has 0 bridgehead atoms. The topological polar surface area (TPSA) is 136 Å². The van der Waals surface area contributed by atoms with Crippen LogP contribution in [0.25, 0.3) is 0 Å². The van der Waals surface area contributed by atoms with Gasteiger partial charge in [-0.25, -0.2) is 0 Å². The number of esters is 1. The van der Waals surface area contributed by atoms with Gasteiger partial charge in [-0.15, -0.1) is 0 Å². The van der Waals surface area contributed by atoms with Gasteiger partial charge in [0.15, 0.2) is 12.4 Å². The maximum absolute atomic E-state index is 12.5. The van der Waals surface area contributed by atoms with E-state index in [-0.39, 0.29) is 51.8 Å². The Morgan fingerprint density at radius 3 is 2.46 bits per heavy atom. The van der Waals surface area contributed by atoms with Crippen LogP contribution < -0.4 is 11.1 Å². The first-order valence-corrected chi connectivity index (χ1v) is 19.2. The summed E-state index contributed by atoms with van der Waals surface area (Å²) in [4.78, 5) is 14.6. The Hall–Kier alpha value is -0.850. The number of aliphatic hydroxyl groups is 2. The van der Waals surface area contributed by atoms with Crippen LogP contribution in [0.3, 0.4) is 0 Å². The van der Waals surface area contributed by atoms with Gasteiger partial charge >= 0.3 is 5.97 Å². The first kappa shape index (κ1) is 34.2. The van der Waals surface area contributed by atoms with Crippen molar-refractivity contribution in [3.05, 3.63) is 0 Å². The number of carbonyl (C=O) groups excluding carboxylic acids is 1. The number of rotatable bonds is 6. The van der Waals surface area contributed by atoms with Gasteiger partial charge in [0, 0.05) is 39.1 Å². The van der Waals surface area contributed by atoms with Crippen molar-refractivity contribution in [1.29, 1.82) is 0 Å². The van der Waals surface area contributed by atoms with Crippen molar-refractivity contribution in [1.82, 2.24) is 10.2 Å². The van der Waals surface area contributed by atoms with Crippen LogP contribution in [0.1, 0.15) is 99.8 Å². The van der Waals surface area contributed by atoms with Crippen LogP contribution in [-0.4, -0.2) is 108 Å². The van der Waals surface area contributed by atoms with Gasteiger partial charge in [-0.1, -0.05) is 27.7 Å². The standard InChI is InChI=1S/C38H63N3O7/c1-21-16-24(32(34(5,6)44)46-22(2)42)47-30-29(21)35(7)12-13-37-20-36(37)11-10-27(48-28-19-41(14-15-45-28)23-17-40-18-23)33(3,4)25(36)8-9-26(37)38(35,39)31(30)43/h21,23-32,40,43-44H,8-20,39H2,1-7H3/t21-,24?,25+,26?,27+,28?,29+,30?,31+,32+,35?,36?,37?,38+/m1/s1. The molecule has 8 fully saturated rings. The van der Waals surface area contributed by atoms with Gasteiger partial charge < -0.3 is 40.2 Å². The van der Waals surface area contributed by atoms with Crippen molar-refractivity contribution in [2.75, 3.05) is 32.8 Å². The minimum absolute atomic E-state index is 0.0227. The number of fused-ring (bicyclic) bond motifs is 4. The van der Waals surface area contributed by atoms with Crippen molar-refractivity contribution in [2.45, 2.75) is 154 Å². The summed E-state index contributed by atoms with van der Waals surface area (Å²) in [5.41, 5.74) is 5.89. The number of nitrogens with two attached hydrogens (primary N) is 1. The fourth-order valence-corrected chi connectivity index (χ4v) is 14.0. The van der Waals surface area contributed by atoms with E-state index in [1.807, 2.05) is 0 Å². The van der Waals surface area contributed by atoms with Crippen molar-refractivity contribution >= 4 is 5.97 Å². The summed E-state index contributed by atoms with van der Waals surface area (Å²) >= 11 is 0. The highest BCUT2D eigenvalue weighted by molar-refractivity contribution is 5.66. The van der Waals surface area contributed by atoms with E-state index < -0.39 is 41.5 Å². The van der Waals surface area contributed by atoms with Crippen LogP contribution in [0, 0.1) is 45.3 Å². The summed E-state index contributed by atoms with van der Waals surface area (Å²) in [5.74, 6) is 0.643. The van der Waals surface area contributed by atoms with E-state index >= 15 is 0 Å². The Bertz CT molecular complexity index is 1290. The maximum Gasteiger partial charge on any atom is 0.303 e. The molecule has 3 heterocycles. The fourth-order valence-electron chi connectivity index (χ4n) is 14.0. The molecule has 3 saturated heterocycles. The molecule has 5 saturated carbocycles. The number of carbonyl (C=O) groups is 1. The Kier molecular flexibility index (Phi) is 7.90. The number of ether oxygens (including phenoxy) is 4. The number of nitrogens with zero attached hydrogens (tertiary/aromatic N) is 1. The summed E-state index contributed by atoms with van der Waals surface area (Å²) in [7, 11) is 0. The monoisotopic (exact) mass is 673 g/mol. The lowest BCUT2D eigenvalue weighted by Crippen LogP contribution is -2.70. The third kappa shape index (κ3) is 4.55. The minimum atomic E-state index is -1.28. The Balaban J connectivity index is 1.03. The van der Waals surface area contributed by atoms with Gasteiger partial charge in [0.25, 0.3) is 0 Å². The summed E-state index contributed by atoms with van der Waals surface area (Å²) < 4.78 is 25.6. The molecule has 10 nitrogen and oxygen atoms in total. The lowest BCUT2D eigenvalue weighted by molar-refractivity contribution is -0.249. The van der Waals surface area contributed by atoms with Crippen molar-refractivity contribution in [3.63, 3.8) is 0 Å². The van der Waals surface area contributed by atoms with Crippen LogP contribution in [-0.2, 0) is 23.7 Å². The normalized spacial score (nSPS) is 52.1. The molecular weight excluding hydrogens is 610 g/mol. The number of hydrogen-bond donors (Lipinski definition) is 4. The smallest absolute Gasteiger partial charge is 0.303 e. The lowest BCUT2D eigenvalue weighted by atomic mass is 9.43. The lowest BCUT2D eigenvalue weighted by Gasteiger charge is -2.63. The molecule has 14 atom stereocenters. The molecule has 0 aromatic carbocycles. The largest absolute Gasteiger partial charge is 0.457 e. The summed E-state index contributed by atoms with van der Waals surface area (Å²) in [6.45, 7) is 18.9. The van der Waals surface area contributed by atoms with Gasteiger partial charge in [-0.05, 0) is 111 Å². The third-order valence-electron chi connectivity index (χ3n) is 16.2. The van der Waals surface area contributed by atoms with Crippen LogP contribution in [0.4, 0.5) is 0 Å². The molecule has 272 valence electrons. The SMILES string of the molecule is CC(=O)O[C@@H](C1C[C@@H](C)[C@H]2C(O1)[C@H](O)[C@@]1(N)C3CC[C@H]4C(C)(C)[C@@H](OC5CN(C6CNC6)CCO5)CCC45CC35CCC21C)C(C)(C)O. The highest BCUT2D eigenvalue weighted by Crippen LogP contribution is 2.87. The second kappa shape index (κ2) is 11.1. The van der Waals surface area contributed by atoms with Gasteiger partial charge in [-0.3, -0.25) is 9.69 Å². The van der Waals surface area contributed by atoms with Crippen molar-refractivity contribution in [3.8, 4) is 0 Å². The van der Waals surface area contributed by atoms with Gasteiger partial charge in [-0.2, -0.15) is 0 Å². The average Bonchev–Trinajstić information content (AvgIpc) is 3.61. The van der Waals surface area contributed by atoms with Crippen molar-refractivity contribution < 1.29 is 34.0 Å². The molecule has 5 N–H and O–H groups in total. The predicted molar refractivity (Wildman–Crippen MR) is 180 cm³/mol. The first-order valence-electron chi connectivity index (χ1n) is 19.2. The fraction of sp³-hybridized carbons (Fsp3) is 0.974. The van der Waals surface area contributed by atoms with Crippen LogP contribution in [0.5, 0.6) is 0 Å². The Labute approximate surface area is 287 Å². The van der Waals surface area contributed by atoms with Gasteiger partial charge in [0.1, 0.15) is 0 Å². The molecule has 0 aromatic heterocycles. The van der Waals surface area contributed by atoms with E-state index in [0.29, 0.717) is 18.4 Å². The minimum Gasteiger partial charge on any atom is -0.457 e. The summed E-state index contributed by atoms with van der Waals surface area (Å²) in [6, 6.07) is 0.607. The maximum atomic E-state index is 12.5. The zero-order valence-corrected chi connectivity index (χ0v) is 30.5. The van der Waals surface area contributed by atoms with E-state index in [2.05, 4.69) is 37.9 Å². The van der Waals surface area contributed by atoms with E-state index in [1.54, 1.807) is 13.8 Å². The van der Waals surface area contributed by atoms with Gasteiger partial charge in [0.05, 0.1) is 42.2 Å². The third-order valence-corrected chi connectivity index (χ3v) is 16.2. The second-order valence-corrected chi connectivity index (χ2v) is 19.1. The highest BCUT2D eigenvalue weighted by atomic mass is 16.7. The van der Waals surface area contributed by atoms with Crippen LogP contribution in [0.15, 0.2) is 0 Å². The second-order valence-electron chi connectivity index (χ2n) is 19.1. The number of hydrogen-bond acceptors (Lipinski definition) is 10. The molecular formula is C38H63N3O7. The van der Waals surface area contributed by atoms with Gasteiger partial charge in [0.2, 0.25) is 0 Å². The summed E-state index contributed by atoms with van der Waals surface area (Å²) in [6.07, 6.45) is 5.74. The molecule has 7 unspecified atom stereocenters. The van der Waals surface area contributed by atoms with E-state index in [9.17, 15) is 15.0 Å². The zero-order valence-electron chi connectivity index (χ0n) is 30.5. The van der Waals surface area contributed by atoms with Crippen LogP contribution >= 0.6 is 0 Å². The molecule has 0 amide bonds. The highest BCUT2D eigenvalue weighted by Gasteiger charge is 2.85. The van der Waals surface area contributed by atoms with E-state index in [0.717, 1.165) is 71.3 Å². The predicted octanol–water partition coefficient (Wildman–Crippen LogP) is 3.21. The van der Waals surface area contributed by atoms with Crippen molar-refractivity contribution in [2.24, 2.45) is 51.1 Å². The molecule has 10 heteroatoms. The zero-order chi connectivity index (χ0) is 34.2. The molecule has 8 aliphatic rings. The average molecular weight is 674 g/mol. The number of morpholine rings is 1. The number of aliphatic hydroxyl groups excluding tert-OH is 1. The van der Waals surface area contributed by atoms with Crippen LogP contribution in [0.2, 0.25) is 0 Å². The molecule has 0 aromatic rings. The Morgan fingerprint density at radius 1 is 1.08 bits per heavy atom. The summed E-state index contributed by atoms with van der Waals surface area (Å²) in [5, 5.41) is 26.9. The van der Waals surface area contributed by atoms with E-state index in [4.69, 9.17) is 24.7 Å². The molecule has 2 spiro atoms.